The molecule has 44 heavy (non-hydrogen) atoms. The van der Waals surface area contributed by atoms with Crippen LogP contribution in [0.1, 0.15) is 37.7 Å². The average molecular weight is 615 g/mol. The highest BCUT2D eigenvalue weighted by Gasteiger charge is 2.25. The number of rotatable bonds is 5. The molecule has 0 aliphatic carbocycles. The Morgan fingerprint density at radius 1 is 1.07 bits per heavy atom. The van der Waals surface area contributed by atoms with Crippen LogP contribution in [-0.4, -0.2) is 53.2 Å². The lowest BCUT2D eigenvalue weighted by Crippen LogP contribution is -2.41. The number of halogens is 1. The molecular formula is C32H35ClN8O3. The topological polar surface area (TPSA) is 133 Å². The molecule has 0 saturated carbocycles. The number of likely N-dealkylation sites (tertiary alicyclic amines) is 1. The number of urea groups is 1. The number of aryl methyl sites for hydroxylation is 1. The first-order valence-electron chi connectivity index (χ1n) is 14.8. The summed E-state index contributed by atoms with van der Waals surface area (Å²) in [5.41, 5.74) is 4.21. The minimum Gasteiger partial charge on any atom is -0.495 e. The molecule has 1 saturated heterocycles. The summed E-state index contributed by atoms with van der Waals surface area (Å²) in [5.74, 6) is 1.96. The molecule has 3 aliphatic heterocycles. The van der Waals surface area contributed by atoms with Crippen LogP contribution in [0.15, 0.2) is 65.6 Å². The van der Waals surface area contributed by atoms with Crippen molar-refractivity contribution in [3.63, 3.8) is 0 Å². The highest BCUT2D eigenvalue weighted by Crippen LogP contribution is 2.31. The van der Waals surface area contributed by atoms with Gasteiger partial charge >= 0.3 is 6.03 Å². The van der Waals surface area contributed by atoms with E-state index in [1.54, 1.807) is 24.4 Å². The molecule has 0 radical (unpaired) electrons. The Morgan fingerprint density at radius 2 is 1.91 bits per heavy atom. The van der Waals surface area contributed by atoms with Gasteiger partial charge in [-0.25, -0.2) is 9.78 Å². The minimum atomic E-state index is -0.160. The number of hydrogen-bond acceptors (Lipinski definition) is 8. The van der Waals surface area contributed by atoms with Crippen molar-refractivity contribution in [2.24, 2.45) is 16.8 Å². The maximum atomic E-state index is 13.2. The number of hydrogen-bond donors (Lipinski definition) is 4. The Bertz CT molecular complexity index is 1600. The van der Waals surface area contributed by atoms with Gasteiger partial charge in [0.2, 0.25) is 11.9 Å². The Balaban J connectivity index is 1.09. The zero-order valence-electron chi connectivity index (χ0n) is 24.5. The van der Waals surface area contributed by atoms with Crippen LogP contribution in [0.3, 0.4) is 0 Å². The van der Waals surface area contributed by atoms with Gasteiger partial charge in [-0.1, -0.05) is 23.7 Å². The van der Waals surface area contributed by atoms with Crippen molar-refractivity contribution in [1.29, 1.82) is 0 Å². The van der Waals surface area contributed by atoms with Crippen LogP contribution >= 0.6 is 11.6 Å². The molecule has 6 rings (SSSR count). The van der Waals surface area contributed by atoms with Crippen molar-refractivity contribution in [2.75, 3.05) is 41.5 Å². The molecule has 3 aromatic rings. The van der Waals surface area contributed by atoms with Gasteiger partial charge in [0.1, 0.15) is 10.8 Å². The number of amides is 3. The van der Waals surface area contributed by atoms with E-state index in [1.807, 2.05) is 48.7 Å². The number of benzene rings is 2. The first-order chi connectivity index (χ1) is 21.4. The summed E-state index contributed by atoms with van der Waals surface area (Å²) >= 11 is 6.40. The number of aromatic nitrogens is 2. The van der Waals surface area contributed by atoms with Crippen molar-refractivity contribution in [3.05, 3.63) is 71.1 Å². The molecule has 0 spiro atoms. The summed E-state index contributed by atoms with van der Waals surface area (Å²) in [6, 6.07) is 13.1. The average Bonchev–Trinajstić information content (AvgIpc) is 3.03. The van der Waals surface area contributed by atoms with Crippen LogP contribution in [-0.2, 0) is 11.2 Å². The lowest BCUT2D eigenvalue weighted by molar-refractivity contribution is -0.117. The fourth-order valence-corrected chi connectivity index (χ4v) is 5.92. The van der Waals surface area contributed by atoms with Gasteiger partial charge < -0.3 is 30.9 Å². The van der Waals surface area contributed by atoms with E-state index in [9.17, 15) is 9.59 Å². The third kappa shape index (κ3) is 7.11. The van der Waals surface area contributed by atoms with Crippen molar-refractivity contribution in [1.82, 2.24) is 14.9 Å². The third-order valence-corrected chi connectivity index (χ3v) is 8.45. The van der Waals surface area contributed by atoms with Gasteiger partial charge in [0, 0.05) is 54.9 Å². The zero-order valence-corrected chi connectivity index (χ0v) is 25.2. The van der Waals surface area contributed by atoms with Crippen molar-refractivity contribution in [3.8, 4) is 5.75 Å². The van der Waals surface area contributed by atoms with E-state index in [0.29, 0.717) is 47.7 Å². The largest absolute Gasteiger partial charge is 0.495 e. The normalized spacial score (nSPS) is 17.9. The lowest BCUT2D eigenvalue weighted by Gasteiger charge is -2.32. The molecule has 6 bridgehead atoms. The Labute approximate surface area is 261 Å². The standard InChI is InChI=1S/C32H35ClN8O3/c1-44-28-5-3-2-4-27(28)39-32(43)41-12-10-20(11-13-41)15-29(42)38-26-9-8-23-16-22(26)7-6-21-14-24(18-34-17-21)37-31-35-19-25(33)30(36-23)40-31/h2-5,8-9,16-21H,6-7,10-15H2,1H3,(H,38,42)(H,39,43)(H2,35,36,37,40). The van der Waals surface area contributed by atoms with Crippen LogP contribution in [0.25, 0.3) is 0 Å². The van der Waals surface area contributed by atoms with Crippen molar-refractivity contribution >= 4 is 58.6 Å². The minimum absolute atomic E-state index is 0.0288. The summed E-state index contributed by atoms with van der Waals surface area (Å²) in [4.78, 5) is 41.2. The molecule has 1 fully saturated rings. The van der Waals surface area contributed by atoms with E-state index >= 15 is 0 Å². The number of nitrogens with zero attached hydrogens (tertiary/aromatic N) is 4. The van der Waals surface area contributed by atoms with E-state index < -0.39 is 0 Å². The highest BCUT2D eigenvalue weighted by atomic mass is 35.5. The molecule has 1 unspecified atom stereocenters. The number of ether oxygens (including phenoxy) is 1. The predicted octanol–water partition coefficient (Wildman–Crippen LogP) is 6.45. The number of carbonyl (C=O) groups is 2. The van der Waals surface area contributed by atoms with Crippen molar-refractivity contribution < 1.29 is 14.3 Å². The highest BCUT2D eigenvalue weighted by molar-refractivity contribution is 6.32. The van der Waals surface area contributed by atoms with E-state index in [1.165, 1.54) is 0 Å². The molecule has 1 aromatic heterocycles. The molecular weight excluding hydrogens is 580 g/mol. The fourth-order valence-electron chi connectivity index (χ4n) is 5.78. The molecule has 4 heterocycles. The number of methoxy groups -OCH3 is 1. The van der Waals surface area contributed by atoms with Crippen LogP contribution < -0.4 is 26.0 Å². The van der Waals surface area contributed by atoms with Crippen LogP contribution in [0.5, 0.6) is 5.75 Å². The molecule has 4 N–H and O–H groups in total. The number of nitrogens with one attached hydrogen (secondary N) is 4. The quantitative estimate of drug-likeness (QED) is 0.260. The Kier molecular flexibility index (Phi) is 8.92. The van der Waals surface area contributed by atoms with Crippen LogP contribution in [0, 0.1) is 11.8 Å². The van der Waals surface area contributed by atoms with Gasteiger partial charge in [0.25, 0.3) is 0 Å². The van der Waals surface area contributed by atoms with E-state index in [2.05, 4.69) is 36.2 Å². The van der Waals surface area contributed by atoms with Gasteiger partial charge in [0.15, 0.2) is 5.82 Å². The Hall–Kier alpha value is -4.64. The molecule has 1 atom stereocenters. The second-order valence-corrected chi connectivity index (χ2v) is 11.7. The Morgan fingerprint density at radius 3 is 2.75 bits per heavy atom. The van der Waals surface area contributed by atoms with Gasteiger partial charge in [-0.15, -0.1) is 0 Å². The summed E-state index contributed by atoms with van der Waals surface area (Å²) in [7, 11) is 1.58. The summed E-state index contributed by atoms with van der Waals surface area (Å²) in [5, 5.41) is 13.1. The maximum Gasteiger partial charge on any atom is 0.321 e. The van der Waals surface area contributed by atoms with Gasteiger partial charge in [-0.05, 0) is 73.9 Å². The summed E-state index contributed by atoms with van der Waals surface area (Å²) in [6.45, 7) is 1.18. The number of fused-ring (bicyclic) bond motifs is 6. The van der Waals surface area contributed by atoms with E-state index in [4.69, 9.17) is 16.3 Å². The lowest BCUT2D eigenvalue weighted by atomic mass is 9.92. The molecule has 228 valence electrons. The third-order valence-electron chi connectivity index (χ3n) is 8.18. The molecule has 3 aliphatic rings. The number of anilines is 5. The van der Waals surface area contributed by atoms with Crippen molar-refractivity contribution in [2.45, 2.75) is 38.5 Å². The van der Waals surface area contributed by atoms with Gasteiger partial charge in [-0.3, -0.25) is 9.79 Å². The predicted molar refractivity (Wildman–Crippen MR) is 173 cm³/mol. The molecule has 3 amide bonds. The maximum absolute atomic E-state index is 13.2. The summed E-state index contributed by atoms with van der Waals surface area (Å²) < 4.78 is 5.34. The number of carbonyl (C=O) groups excluding carboxylic acids is 2. The van der Waals surface area contributed by atoms with Crippen LogP contribution in [0.4, 0.5) is 33.6 Å². The van der Waals surface area contributed by atoms with E-state index in [0.717, 1.165) is 54.7 Å². The summed E-state index contributed by atoms with van der Waals surface area (Å²) in [6.07, 6.45) is 9.66. The zero-order chi connectivity index (χ0) is 30.5. The second kappa shape index (κ2) is 13.3. The number of aliphatic imine (C=N–C) groups is 1. The SMILES string of the molecule is COc1ccccc1NC(=O)N1CCC(CC(=O)Nc2ccc3cc2CCC2C=NC=C(C2)Nc2ncc(Cl)c(n2)N3)CC1. The van der Waals surface area contributed by atoms with Crippen LogP contribution in [0.2, 0.25) is 5.02 Å². The number of para-hydroxylation sites is 2. The van der Waals surface area contributed by atoms with Gasteiger partial charge in [-0.2, -0.15) is 4.98 Å². The number of allylic oxidation sites excluding steroid dienone is 1. The molecule has 12 heteroatoms. The molecule has 2 aromatic carbocycles. The fraction of sp³-hybridized carbons (Fsp3) is 0.344. The van der Waals surface area contributed by atoms with E-state index in [-0.39, 0.29) is 23.8 Å². The second-order valence-electron chi connectivity index (χ2n) is 11.3. The molecule has 11 nitrogen and oxygen atoms in total. The first-order valence-corrected chi connectivity index (χ1v) is 15.2. The van der Waals surface area contributed by atoms with Gasteiger partial charge in [0.05, 0.1) is 19.0 Å². The first kappa shape index (κ1) is 29.4. The number of piperidine rings is 1. The monoisotopic (exact) mass is 614 g/mol. The smallest absolute Gasteiger partial charge is 0.321 e.